The van der Waals surface area contributed by atoms with Crippen molar-refractivity contribution in [1.29, 1.82) is 0 Å². The van der Waals surface area contributed by atoms with E-state index < -0.39 is 18.3 Å². The fraction of sp³-hybridized carbons (Fsp3) is 0.545. The predicted octanol–water partition coefficient (Wildman–Crippen LogP) is 5.19. The topological polar surface area (TPSA) is 50.2 Å². The molecular weight excluding hydrogens is 393 g/mol. The van der Waals surface area contributed by atoms with Crippen molar-refractivity contribution in [2.24, 2.45) is 5.92 Å². The molecule has 1 saturated heterocycles. The Morgan fingerprint density at radius 3 is 2.30 bits per heavy atom. The summed E-state index contributed by atoms with van der Waals surface area (Å²) in [6.45, 7) is 6.14. The van der Waals surface area contributed by atoms with Crippen LogP contribution in [0.5, 0.6) is 0 Å². The highest BCUT2D eigenvalue weighted by molar-refractivity contribution is 5.93. The fourth-order valence-corrected chi connectivity index (χ4v) is 5.04. The molecule has 0 aliphatic carbocycles. The number of aromatic nitrogens is 2. The molecule has 4 atom stereocenters. The Bertz CT molecular complexity index is 899. The van der Waals surface area contributed by atoms with Gasteiger partial charge in [-0.25, -0.2) is 4.68 Å². The van der Waals surface area contributed by atoms with Crippen molar-refractivity contribution >= 4 is 11.7 Å². The smallest absolute Gasteiger partial charge is 0.363 e. The minimum atomic E-state index is -4.46. The minimum Gasteiger partial charge on any atom is -0.363 e. The molecule has 0 spiro atoms. The van der Waals surface area contributed by atoms with Gasteiger partial charge in [0.25, 0.3) is 5.91 Å². The van der Waals surface area contributed by atoms with E-state index in [1.54, 1.807) is 29.2 Å². The first-order valence-electron chi connectivity index (χ1n) is 10.5. The van der Waals surface area contributed by atoms with Gasteiger partial charge < -0.3 is 10.2 Å². The summed E-state index contributed by atoms with van der Waals surface area (Å²) in [5.74, 6) is 0.436. The maximum absolute atomic E-state index is 13.9. The zero-order chi connectivity index (χ0) is 21.6. The van der Waals surface area contributed by atoms with Crippen LogP contribution in [-0.4, -0.2) is 38.8 Å². The Hall–Kier alpha value is -2.51. The first kappa shape index (κ1) is 20.8. The Labute approximate surface area is 174 Å². The van der Waals surface area contributed by atoms with E-state index in [0.717, 1.165) is 23.1 Å². The van der Waals surface area contributed by atoms with Crippen LogP contribution in [-0.2, 0) is 0 Å². The van der Waals surface area contributed by atoms with Crippen LogP contribution in [0.25, 0.3) is 0 Å². The lowest BCUT2D eigenvalue weighted by molar-refractivity contribution is -0.173. The largest absolute Gasteiger partial charge is 0.410 e. The molecule has 0 saturated carbocycles. The second-order valence-electron chi connectivity index (χ2n) is 8.75. The van der Waals surface area contributed by atoms with E-state index in [1.807, 2.05) is 19.9 Å². The normalized spacial score (nSPS) is 29.3. The van der Waals surface area contributed by atoms with Crippen LogP contribution < -0.4 is 5.32 Å². The fourth-order valence-electron chi connectivity index (χ4n) is 5.04. The number of hydrogen-bond donors (Lipinski definition) is 1. The number of anilines is 1. The molecule has 2 aliphatic heterocycles. The van der Waals surface area contributed by atoms with Crippen LogP contribution in [0.15, 0.2) is 36.4 Å². The molecule has 0 unspecified atom stereocenters. The number of piperidine rings is 1. The molecule has 162 valence electrons. The van der Waals surface area contributed by atoms with Gasteiger partial charge in [-0.15, -0.1) is 0 Å². The summed E-state index contributed by atoms with van der Waals surface area (Å²) in [5.41, 5.74) is 0.841. The van der Waals surface area contributed by atoms with Crippen LogP contribution in [0.3, 0.4) is 0 Å². The van der Waals surface area contributed by atoms with Crippen LogP contribution in [0.4, 0.5) is 19.0 Å². The molecular formula is C22H27F3N4O. The van der Waals surface area contributed by atoms with E-state index in [1.165, 1.54) is 6.07 Å². The van der Waals surface area contributed by atoms with E-state index in [2.05, 4.69) is 17.3 Å². The van der Waals surface area contributed by atoms with Gasteiger partial charge >= 0.3 is 6.18 Å². The monoisotopic (exact) mass is 420 g/mol. The van der Waals surface area contributed by atoms with Gasteiger partial charge in [-0.2, -0.15) is 18.3 Å². The number of likely N-dealkylation sites (tertiary alicyclic amines) is 1. The van der Waals surface area contributed by atoms with Gasteiger partial charge in [-0.1, -0.05) is 37.3 Å². The number of nitrogens with zero attached hydrogens (tertiary/aromatic N) is 3. The summed E-state index contributed by atoms with van der Waals surface area (Å²) in [4.78, 5) is 15.0. The maximum atomic E-state index is 13.9. The highest BCUT2D eigenvalue weighted by Gasteiger charge is 2.47. The summed E-state index contributed by atoms with van der Waals surface area (Å²) in [7, 11) is 0. The molecule has 8 heteroatoms. The molecule has 1 N–H and O–H groups in total. The number of amides is 1. The van der Waals surface area contributed by atoms with Crippen molar-refractivity contribution in [3.63, 3.8) is 0 Å². The number of fused-ring (bicyclic) bond motifs is 1. The number of nitrogens with one attached hydrogen (secondary N) is 1. The van der Waals surface area contributed by atoms with Gasteiger partial charge in [0.2, 0.25) is 0 Å². The first-order valence-corrected chi connectivity index (χ1v) is 10.5. The average Bonchev–Trinajstić information content (AvgIpc) is 3.10. The molecule has 1 aromatic carbocycles. The van der Waals surface area contributed by atoms with Crippen LogP contribution in [0, 0.1) is 5.92 Å². The third-order valence-electron chi connectivity index (χ3n) is 6.28. The van der Waals surface area contributed by atoms with Gasteiger partial charge in [0.05, 0.1) is 6.04 Å². The number of carbonyl (C=O) groups is 1. The molecule has 1 aromatic heterocycles. The number of carbonyl (C=O) groups excluding carboxylic acids is 1. The second kappa shape index (κ2) is 7.63. The third kappa shape index (κ3) is 3.79. The molecule has 2 aliphatic rings. The molecule has 2 aromatic rings. The number of hydrogen-bond acceptors (Lipinski definition) is 3. The molecule has 4 rings (SSSR count). The number of benzene rings is 1. The Balaban J connectivity index is 1.67. The van der Waals surface area contributed by atoms with E-state index in [-0.39, 0.29) is 35.9 Å². The summed E-state index contributed by atoms with van der Waals surface area (Å²) in [5, 5.41) is 7.29. The number of alkyl halides is 3. The number of halogens is 3. The zero-order valence-electron chi connectivity index (χ0n) is 17.4. The lowest BCUT2D eigenvalue weighted by atomic mass is 9.88. The third-order valence-corrected chi connectivity index (χ3v) is 6.28. The van der Waals surface area contributed by atoms with Gasteiger partial charge in [-0.05, 0) is 38.2 Å². The minimum absolute atomic E-state index is 0.0263. The average molecular weight is 420 g/mol. The van der Waals surface area contributed by atoms with E-state index in [0.29, 0.717) is 5.92 Å². The Morgan fingerprint density at radius 1 is 1.07 bits per heavy atom. The van der Waals surface area contributed by atoms with Gasteiger partial charge in [0.1, 0.15) is 5.82 Å². The van der Waals surface area contributed by atoms with Crippen molar-refractivity contribution in [1.82, 2.24) is 14.7 Å². The van der Waals surface area contributed by atoms with Crippen LogP contribution in [0.2, 0.25) is 0 Å². The Morgan fingerprint density at radius 2 is 1.70 bits per heavy atom. The molecule has 1 fully saturated rings. The van der Waals surface area contributed by atoms with Crippen molar-refractivity contribution in [3.05, 3.63) is 47.7 Å². The molecule has 0 bridgehead atoms. The standard InChI is InChI=1S/C22H27F3N4O/c1-13-9-14(2)28(15(3)10-13)21(30)18-12-20-26-17(16-7-5-4-6-8-16)11-19(22(23,24)25)29(20)27-18/h4-8,12-15,17,19,26H,9-11H2,1-3H3/t14-,15-,17+,19-/m0/s1. The molecule has 3 heterocycles. The van der Waals surface area contributed by atoms with Gasteiger partial charge in [0.15, 0.2) is 11.7 Å². The quantitative estimate of drug-likeness (QED) is 0.727. The predicted molar refractivity (Wildman–Crippen MR) is 108 cm³/mol. The zero-order valence-corrected chi connectivity index (χ0v) is 17.4. The Kier molecular flexibility index (Phi) is 5.28. The van der Waals surface area contributed by atoms with E-state index in [9.17, 15) is 18.0 Å². The lowest BCUT2D eigenvalue weighted by Gasteiger charge is -2.41. The van der Waals surface area contributed by atoms with Crippen LogP contribution in [0.1, 0.15) is 68.2 Å². The number of rotatable bonds is 2. The highest BCUT2D eigenvalue weighted by Crippen LogP contribution is 2.43. The molecule has 5 nitrogen and oxygen atoms in total. The highest BCUT2D eigenvalue weighted by atomic mass is 19.4. The van der Waals surface area contributed by atoms with Crippen molar-refractivity contribution in [2.45, 2.75) is 70.4 Å². The van der Waals surface area contributed by atoms with Crippen LogP contribution >= 0.6 is 0 Å². The summed E-state index contributed by atoms with van der Waals surface area (Å²) >= 11 is 0. The van der Waals surface area contributed by atoms with Crippen molar-refractivity contribution in [2.75, 3.05) is 5.32 Å². The summed E-state index contributed by atoms with van der Waals surface area (Å²) in [6, 6.07) is 8.29. The maximum Gasteiger partial charge on any atom is 0.410 e. The molecule has 0 radical (unpaired) electrons. The van der Waals surface area contributed by atoms with E-state index in [4.69, 9.17) is 0 Å². The van der Waals surface area contributed by atoms with E-state index >= 15 is 0 Å². The van der Waals surface area contributed by atoms with Gasteiger partial charge in [-0.3, -0.25) is 4.79 Å². The van der Waals surface area contributed by atoms with Crippen molar-refractivity contribution in [3.8, 4) is 0 Å². The molecule has 30 heavy (non-hydrogen) atoms. The second-order valence-corrected chi connectivity index (χ2v) is 8.75. The van der Waals surface area contributed by atoms with Crippen molar-refractivity contribution < 1.29 is 18.0 Å². The SMILES string of the molecule is CC1C[C@H](C)N(C(=O)c2cc3n(n2)[C@H](C(F)(F)F)C[C@H](c2ccccc2)N3)[C@@H](C)C1. The summed E-state index contributed by atoms with van der Waals surface area (Å²) in [6.07, 6.45) is -2.88. The summed E-state index contributed by atoms with van der Waals surface area (Å²) < 4.78 is 42.5. The molecule has 1 amide bonds. The van der Waals surface area contributed by atoms with Gasteiger partial charge in [0, 0.05) is 24.6 Å². The lowest BCUT2D eigenvalue weighted by Crippen LogP contribution is -2.49. The first-order chi connectivity index (χ1) is 14.1.